The molecule has 0 radical (unpaired) electrons. The lowest BCUT2D eigenvalue weighted by Gasteiger charge is -2.64. The summed E-state index contributed by atoms with van der Waals surface area (Å²) in [7, 11) is -0.625. The summed E-state index contributed by atoms with van der Waals surface area (Å²) >= 11 is 0. The SMILES string of the molecule is CC(C)(C)OC(=O)N[C@@H](Cc1ccc(O)cc1)C(=O)N[C@@H](Cc1ccccc1)B1O[C@@H]2C[C@@H]3C[C@@H](C3(C)C)[C@]2(C)O1. The van der Waals surface area contributed by atoms with Crippen LogP contribution in [0.25, 0.3) is 0 Å². The predicted molar refractivity (Wildman–Crippen MR) is 157 cm³/mol. The molecule has 3 saturated carbocycles. The van der Waals surface area contributed by atoms with Gasteiger partial charge in [-0.2, -0.15) is 0 Å². The number of benzene rings is 2. The highest BCUT2D eigenvalue weighted by Gasteiger charge is 2.68. The van der Waals surface area contributed by atoms with Gasteiger partial charge in [-0.05, 0) is 87.5 Å². The third kappa shape index (κ3) is 6.26. The van der Waals surface area contributed by atoms with E-state index in [4.69, 9.17) is 14.0 Å². The highest BCUT2D eigenvalue weighted by Crippen LogP contribution is 2.65. The lowest BCUT2D eigenvalue weighted by molar-refractivity contribution is -0.199. The summed E-state index contributed by atoms with van der Waals surface area (Å²) in [5, 5.41) is 15.7. The number of rotatable bonds is 8. The van der Waals surface area contributed by atoms with Gasteiger partial charge in [0.25, 0.3) is 0 Å². The maximum atomic E-state index is 13.9. The highest BCUT2D eigenvalue weighted by atomic mass is 16.7. The molecule has 6 atom stereocenters. The fraction of sp³-hybridized carbons (Fsp3) is 0.562. The molecule has 0 unspecified atom stereocenters. The fourth-order valence-electron chi connectivity index (χ4n) is 6.96. The molecular weight excluding hydrogens is 519 g/mol. The minimum Gasteiger partial charge on any atom is -0.508 e. The van der Waals surface area contributed by atoms with E-state index < -0.39 is 36.4 Å². The zero-order chi connectivity index (χ0) is 29.6. The van der Waals surface area contributed by atoms with Gasteiger partial charge in [0.2, 0.25) is 5.91 Å². The Morgan fingerprint density at radius 1 is 1.00 bits per heavy atom. The number of ether oxygens (including phenoxy) is 1. The molecule has 2 aromatic carbocycles. The Kier molecular flexibility index (Phi) is 7.89. The molecule has 4 aliphatic rings. The van der Waals surface area contributed by atoms with Crippen LogP contribution in [0.5, 0.6) is 5.75 Å². The summed E-state index contributed by atoms with van der Waals surface area (Å²) in [4.78, 5) is 26.7. The summed E-state index contributed by atoms with van der Waals surface area (Å²) in [5.74, 6) is 0.303. The van der Waals surface area contributed by atoms with Crippen molar-refractivity contribution in [3.8, 4) is 5.75 Å². The molecule has 0 aromatic heterocycles. The van der Waals surface area contributed by atoms with Crippen molar-refractivity contribution >= 4 is 19.1 Å². The molecule has 6 rings (SSSR count). The van der Waals surface area contributed by atoms with Gasteiger partial charge in [0.05, 0.1) is 17.6 Å². The number of carbonyl (C=O) groups is 2. The second kappa shape index (κ2) is 11.0. The van der Waals surface area contributed by atoms with Crippen molar-refractivity contribution in [2.24, 2.45) is 17.3 Å². The molecule has 220 valence electrons. The molecule has 2 aromatic rings. The van der Waals surface area contributed by atoms with Gasteiger partial charge in [0.1, 0.15) is 17.4 Å². The molecule has 8 nitrogen and oxygen atoms in total. The van der Waals surface area contributed by atoms with Crippen LogP contribution < -0.4 is 10.6 Å². The maximum absolute atomic E-state index is 13.9. The van der Waals surface area contributed by atoms with Crippen molar-refractivity contribution < 1.29 is 28.7 Å². The number of carbonyl (C=O) groups excluding carboxylic acids is 2. The van der Waals surface area contributed by atoms with E-state index in [1.807, 2.05) is 30.3 Å². The van der Waals surface area contributed by atoms with Gasteiger partial charge >= 0.3 is 13.2 Å². The molecule has 2 amide bonds. The van der Waals surface area contributed by atoms with E-state index in [2.05, 4.69) is 31.4 Å². The minimum atomic E-state index is -0.918. The van der Waals surface area contributed by atoms with Gasteiger partial charge in [-0.15, -0.1) is 0 Å². The Morgan fingerprint density at radius 3 is 2.29 bits per heavy atom. The van der Waals surface area contributed by atoms with Crippen molar-refractivity contribution in [3.63, 3.8) is 0 Å². The first-order chi connectivity index (χ1) is 19.2. The first kappa shape index (κ1) is 29.5. The molecule has 41 heavy (non-hydrogen) atoms. The van der Waals surface area contributed by atoms with Gasteiger partial charge in [-0.3, -0.25) is 4.79 Å². The van der Waals surface area contributed by atoms with E-state index in [0.29, 0.717) is 18.3 Å². The fourth-order valence-corrected chi connectivity index (χ4v) is 6.96. The van der Waals surface area contributed by atoms with E-state index in [0.717, 1.165) is 24.0 Å². The number of nitrogens with one attached hydrogen (secondary N) is 2. The van der Waals surface area contributed by atoms with Crippen LogP contribution in [-0.2, 0) is 31.7 Å². The number of aromatic hydroxyl groups is 1. The molecule has 1 heterocycles. The number of alkyl carbamates (subject to hydrolysis) is 1. The summed E-state index contributed by atoms with van der Waals surface area (Å²) in [6.07, 6.45) is 2.12. The third-order valence-electron chi connectivity index (χ3n) is 9.31. The second-order valence-corrected chi connectivity index (χ2v) is 13.7. The molecule has 3 N–H and O–H groups in total. The first-order valence-electron chi connectivity index (χ1n) is 14.7. The second-order valence-electron chi connectivity index (χ2n) is 13.7. The van der Waals surface area contributed by atoms with Crippen molar-refractivity contribution in [2.75, 3.05) is 0 Å². The summed E-state index contributed by atoms with van der Waals surface area (Å²) in [6.45, 7) is 12.1. The monoisotopic (exact) mass is 562 g/mol. The maximum Gasteiger partial charge on any atom is 0.482 e. The number of hydrogen-bond acceptors (Lipinski definition) is 6. The molecule has 9 heteroatoms. The molecule has 1 saturated heterocycles. The number of phenols is 1. The van der Waals surface area contributed by atoms with Gasteiger partial charge in [0.15, 0.2) is 0 Å². The average Bonchev–Trinajstić information content (AvgIpc) is 3.26. The molecule has 2 bridgehead atoms. The first-order valence-corrected chi connectivity index (χ1v) is 14.7. The summed E-state index contributed by atoms with van der Waals surface area (Å²) in [5.41, 5.74) is 0.903. The lowest BCUT2D eigenvalue weighted by atomic mass is 9.43. The van der Waals surface area contributed by atoms with Gasteiger partial charge in [-0.1, -0.05) is 56.3 Å². The third-order valence-corrected chi connectivity index (χ3v) is 9.31. The van der Waals surface area contributed by atoms with Crippen LogP contribution in [0.4, 0.5) is 4.79 Å². The minimum absolute atomic E-state index is 0.0212. The van der Waals surface area contributed by atoms with Gasteiger partial charge in [0, 0.05) is 6.42 Å². The summed E-state index contributed by atoms with van der Waals surface area (Å²) in [6, 6.07) is 15.6. The zero-order valence-electron chi connectivity index (χ0n) is 25.0. The average molecular weight is 563 g/mol. The molecule has 3 aliphatic carbocycles. The standard InChI is InChI=1S/C32H43BN2O6/c1-30(2,3)39-29(38)34-24(16-21-12-14-23(36)15-13-21)28(37)35-27(17-20-10-8-7-9-11-20)33-40-26-19-22-18-25(31(22,4)5)32(26,6)41-33/h7-15,22,24-27,36H,16-19H2,1-6H3,(H,34,38)(H,35,37)/t22-,24-,25-,26+,27-,32-/m0/s1. The van der Waals surface area contributed by atoms with Crippen molar-refractivity contribution in [1.29, 1.82) is 0 Å². The Labute approximate surface area is 243 Å². The largest absolute Gasteiger partial charge is 0.508 e. The van der Waals surface area contributed by atoms with Crippen LogP contribution in [0, 0.1) is 17.3 Å². The van der Waals surface area contributed by atoms with Crippen molar-refractivity contribution in [1.82, 2.24) is 10.6 Å². The predicted octanol–water partition coefficient (Wildman–Crippen LogP) is 4.82. The Morgan fingerprint density at radius 2 is 1.66 bits per heavy atom. The van der Waals surface area contributed by atoms with Crippen molar-refractivity contribution in [2.45, 2.75) is 96.5 Å². The van der Waals surface area contributed by atoms with E-state index in [-0.39, 0.29) is 29.6 Å². The number of amides is 2. The number of hydrogen-bond donors (Lipinski definition) is 3. The molecular formula is C32H43BN2O6. The Balaban J connectivity index is 1.37. The van der Waals surface area contributed by atoms with Crippen LogP contribution in [0.3, 0.4) is 0 Å². The van der Waals surface area contributed by atoms with E-state index in [1.165, 1.54) is 0 Å². The molecule has 4 fully saturated rings. The van der Waals surface area contributed by atoms with Crippen LogP contribution in [0.1, 0.15) is 65.5 Å². The number of phenolic OH excluding ortho intramolecular Hbond substituents is 1. The van der Waals surface area contributed by atoms with Crippen LogP contribution in [0.2, 0.25) is 0 Å². The van der Waals surface area contributed by atoms with Crippen LogP contribution in [0.15, 0.2) is 54.6 Å². The quantitative estimate of drug-likeness (QED) is 0.399. The van der Waals surface area contributed by atoms with Gasteiger partial charge in [-0.25, -0.2) is 4.79 Å². The Bertz CT molecular complexity index is 1250. The van der Waals surface area contributed by atoms with Crippen LogP contribution in [-0.4, -0.2) is 53.5 Å². The van der Waals surface area contributed by atoms with E-state index >= 15 is 0 Å². The van der Waals surface area contributed by atoms with Crippen LogP contribution >= 0.6 is 0 Å². The Hall–Kier alpha value is -3.04. The van der Waals surface area contributed by atoms with Crippen molar-refractivity contribution in [3.05, 3.63) is 65.7 Å². The molecule has 1 aliphatic heterocycles. The summed E-state index contributed by atoms with van der Waals surface area (Å²) < 4.78 is 18.8. The molecule has 0 spiro atoms. The van der Waals surface area contributed by atoms with E-state index in [1.54, 1.807) is 45.0 Å². The zero-order valence-corrected chi connectivity index (χ0v) is 25.0. The smallest absolute Gasteiger partial charge is 0.482 e. The van der Waals surface area contributed by atoms with E-state index in [9.17, 15) is 14.7 Å². The normalized spacial score (nSPS) is 27.7. The lowest BCUT2D eigenvalue weighted by Crippen LogP contribution is -2.65. The highest BCUT2D eigenvalue weighted by molar-refractivity contribution is 6.48. The topological polar surface area (TPSA) is 106 Å². The van der Waals surface area contributed by atoms with Gasteiger partial charge < -0.3 is 29.8 Å².